The van der Waals surface area contributed by atoms with E-state index in [0.717, 1.165) is 5.56 Å². The van der Waals surface area contributed by atoms with Crippen LogP contribution in [0.1, 0.15) is 15.9 Å². The Morgan fingerprint density at radius 1 is 0.939 bits per heavy atom. The number of anilines is 2. The monoisotopic (exact) mass is 463 g/mol. The Hall–Kier alpha value is -3.85. The molecule has 3 aromatic rings. The second kappa shape index (κ2) is 7.93. The maximum Gasteiger partial charge on any atom is 0.264 e. The fraction of sp³-hybridized carbons (Fsp3) is 0.167. The third-order valence-corrected chi connectivity index (χ3v) is 7.66. The second-order valence-corrected chi connectivity index (χ2v) is 9.74. The third-order valence-electron chi connectivity index (χ3n) is 5.85. The summed E-state index contributed by atoms with van der Waals surface area (Å²) in [5.74, 6) is -0.777. The number of fused-ring (bicyclic) bond motifs is 2. The molecule has 0 aromatic heterocycles. The van der Waals surface area contributed by atoms with Crippen LogP contribution in [0.15, 0.2) is 77.7 Å². The van der Waals surface area contributed by atoms with E-state index >= 15 is 0 Å². The number of carbonyl (C=O) groups is 2. The average molecular weight is 464 g/mol. The third kappa shape index (κ3) is 3.60. The van der Waals surface area contributed by atoms with E-state index in [1.807, 2.05) is 12.1 Å². The molecule has 0 spiro atoms. The van der Waals surface area contributed by atoms with Crippen molar-refractivity contribution in [3.05, 3.63) is 83.9 Å². The van der Waals surface area contributed by atoms with Crippen molar-refractivity contribution in [3.8, 4) is 5.75 Å². The van der Waals surface area contributed by atoms with E-state index in [1.165, 1.54) is 21.3 Å². The number of primary amides is 1. The van der Waals surface area contributed by atoms with E-state index in [9.17, 15) is 18.0 Å². The first-order valence-corrected chi connectivity index (χ1v) is 11.9. The quantitative estimate of drug-likeness (QED) is 0.639. The lowest BCUT2D eigenvalue weighted by Crippen LogP contribution is -2.49. The summed E-state index contributed by atoms with van der Waals surface area (Å²) in [6.07, 6.45) is -0.371. The van der Waals surface area contributed by atoms with Crippen LogP contribution in [0.4, 0.5) is 11.4 Å². The molecule has 1 unspecified atom stereocenters. The lowest BCUT2D eigenvalue weighted by atomic mass is 10.1. The van der Waals surface area contributed by atoms with E-state index in [0.29, 0.717) is 30.1 Å². The number of hydrogen-bond donors (Lipinski definition) is 1. The van der Waals surface area contributed by atoms with Gasteiger partial charge in [0, 0.05) is 12.1 Å². The molecule has 2 N–H and O–H groups in total. The fourth-order valence-corrected chi connectivity index (χ4v) is 5.75. The van der Waals surface area contributed by atoms with E-state index in [1.54, 1.807) is 48.5 Å². The molecule has 0 saturated heterocycles. The summed E-state index contributed by atoms with van der Waals surface area (Å²) in [6, 6.07) is 20.2. The van der Waals surface area contributed by atoms with Gasteiger partial charge in [-0.2, -0.15) is 0 Å². The highest BCUT2D eigenvalue weighted by molar-refractivity contribution is 7.92. The molecule has 2 aliphatic heterocycles. The molecule has 1 atom stereocenters. The number of sulfonamides is 1. The molecule has 3 aromatic carbocycles. The van der Waals surface area contributed by atoms with E-state index in [4.69, 9.17) is 10.5 Å². The Balaban J connectivity index is 1.50. The number of nitrogens with zero attached hydrogens (tertiary/aromatic N) is 2. The highest BCUT2D eigenvalue weighted by Gasteiger charge is 2.34. The van der Waals surface area contributed by atoms with Crippen LogP contribution in [0.3, 0.4) is 0 Å². The number of benzene rings is 3. The molecule has 2 heterocycles. The summed E-state index contributed by atoms with van der Waals surface area (Å²) in [4.78, 5) is 26.6. The number of rotatable bonds is 4. The van der Waals surface area contributed by atoms with Crippen LogP contribution in [0.25, 0.3) is 0 Å². The number of carbonyl (C=O) groups excluding carboxylic acids is 2. The smallest absolute Gasteiger partial charge is 0.264 e. The van der Waals surface area contributed by atoms with Crippen LogP contribution >= 0.6 is 0 Å². The van der Waals surface area contributed by atoms with Crippen molar-refractivity contribution in [2.45, 2.75) is 17.4 Å². The Bertz CT molecular complexity index is 1370. The van der Waals surface area contributed by atoms with Crippen LogP contribution < -0.4 is 19.7 Å². The zero-order valence-electron chi connectivity index (χ0n) is 17.5. The van der Waals surface area contributed by atoms with Crippen molar-refractivity contribution in [2.75, 3.05) is 22.3 Å². The first-order valence-electron chi connectivity index (χ1n) is 10.4. The van der Waals surface area contributed by atoms with Gasteiger partial charge in [0.2, 0.25) is 0 Å². The minimum atomic E-state index is -3.86. The van der Waals surface area contributed by atoms with Crippen molar-refractivity contribution >= 4 is 33.2 Å². The predicted molar refractivity (Wildman–Crippen MR) is 123 cm³/mol. The van der Waals surface area contributed by atoms with Gasteiger partial charge in [0.15, 0.2) is 6.10 Å². The van der Waals surface area contributed by atoms with Gasteiger partial charge in [-0.15, -0.1) is 0 Å². The average Bonchev–Trinajstić information content (AvgIpc) is 3.28. The molecule has 33 heavy (non-hydrogen) atoms. The number of para-hydroxylation sites is 3. The molecule has 0 fully saturated rings. The van der Waals surface area contributed by atoms with Crippen LogP contribution in [0.2, 0.25) is 0 Å². The summed E-state index contributed by atoms with van der Waals surface area (Å²) in [6.45, 7) is 0.276. The van der Waals surface area contributed by atoms with Gasteiger partial charge in [0.25, 0.3) is 21.8 Å². The van der Waals surface area contributed by atoms with Crippen LogP contribution in [-0.4, -0.2) is 39.4 Å². The maximum atomic E-state index is 13.4. The van der Waals surface area contributed by atoms with E-state index in [2.05, 4.69) is 0 Å². The molecular weight excluding hydrogens is 442 g/mol. The zero-order valence-corrected chi connectivity index (χ0v) is 18.4. The Labute approximate surface area is 191 Å². The first kappa shape index (κ1) is 21.0. The van der Waals surface area contributed by atoms with Crippen LogP contribution in [0, 0.1) is 0 Å². The number of amides is 2. The highest BCUT2D eigenvalue weighted by Crippen LogP contribution is 2.35. The summed E-state index contributed by atoms with van der Waals surface area (Å²) >= 11 is 0. The van der Waals surface area contributed by atoms with Gasteiger partial charge in [-0.05, 0) is 48.4 Å². The van der Waals surface area contributed by atoms with Gasteiger partial charge in [0.05, 0.1) is 22.8 Å². The van der Waals surface area contributed by atoms with E-state index < -0.39 is 27.9 Å². The van der Waals surface area contributed by atoms with Crippen molar-refractivity contribution in [1.29, 1.82) is 0 Å². The van der Waals surface area contributed by atoms with Gasteiger partial charge in [-0.1, -0.05) is 36.4 Å². The molecular formula is C24H21N3O5S. The molecule has 0 bridgehead atoms. The molecule has 2 amide bonds. The summed E-state index contributed by atoms with van der Waals surface area (Å²) in [5, 5.41) is 0. The fourth-order valence-electron chi connectivity index (χ4n) is 4.21. The summed E-state index contributed by atoms with van der Waals surface area (Å²) in [7, 11) is -3.86. The lowest BCUT2D eigenvalue weighted by Gasteiger charge is -2.33. The molecule has 0 saturated carbocycles. The van der Waals surface area contributed by atoms with Crippen molar-refractivity contribution in [3.63, 3.8) is 0 Å². The lowest BCUT2D eigenvalue weighted by molar-refractivity contribution is -0.124. The van der Waals surface area contributed by atoms with Gasteiger partial charge in [0.1, 0.15) is 5.75 Å². The number of hydrogen-bond acceptors (Lipinski definition) is 5. The Morgan fingerprint density at radius 2 is 1.67 bits per heavy atom. The number of ether oxygens (including phenoxy) is 1. The zero-order chi connectivity index (χ0) is 23.2. The molecule has 0 radical (unpaired) electrons. The predicted octanol–water partition coefficient (Wildman–Crippen LogP) is 2.33. The minimum absolute atomic E-state index is 0.0260. The molecule has 5 rings (SSSR count). The topological polar surface area (TPSA) is 110 Å². The maximum absolute atomic E-state index is 13.4. The number of nitrogens with two attached hydrogens (primary N) is 1. The molecule has 9 heteroatoms. The second-order valence-electron chi connectivity index (χ2n) is 7.88. The summed E-state index contributed by atoms with van der Waals surface area (Å²) < 4.78 is 33.8. The minimum Gasteiger partial charge on any atom is -0.477 e. The van der Waals surface area contributed by atoms with E-state index in [-0.39, 0.29) is 17.0 Å². The van der Waals surface area contributed by atoms with Crippen LogP contribution in [0.5, 0.6) is 5.75 Å². The Kier molecular flexibility index (Phi) is 5.05. The van der Waals surface area contributed by atoms with Gasteiger partial charge >= 0.3 is 0 Å². The largest absolute Gasteiger partial charge is 0.477 e. The molecule has 2 aliphatic rings. The molecule has 8 nitrogen and oxygen atoms in total. The first-order chi connectivity index (χ1) is 15.9. The van der Waals surface area contributed by atoms with Gasteiger partial charge in [-0.3, -0.25) is 13.9 Å². The van der Waals surface area contributed by atoms with Gasteiger partial charge < -0.3 is 15.4 Å². The van der Waals surface area contributed by atoms with Crippen molar-refractivity contribution < 1.29 is 22.7 Å². The van der Waals surface area contributed by atoms with Crippen molar-refractivity contribution in [1.82, 2.24) is 0 Å². The SMILES string of the molecule is NC(=O)C1CN(C(=O)c2cccc(S(=O)(=O)N3CCc4ccccc43)c2)c2ccccc2O1. The summed E-state index contributed by atoms with van der Waals surface area (Å²) in [5.41, 5.74) is 7.72. The molecule has 168 valence electrons. The highest BCUT2D eigenvalue weighted by atomic mass is 32.2. The normalized spacial score (nSPS) is 17.2. The molecule has 0 aliphatic carbocycles. The van der Waals surface area contributed by atoms with Crippen LogP contribution in [-0.2, 0) is 21.2 Å². The Morgan fingerprint density at radius 3 is 2.45 bits per heavy atom. The van der Waals surface area contributed by atoms with Crippen molar-refractivity contribution in [2.24, 2.45) is 5.73 Å². The standard InChI is InChI=1S/C24H21N3O5S/c25-23(28)22-15-26(20-10-3-4-11-21(20)32-22)24(29)17-7-5-8-18(14-17)33(30,31)27-13-12-16-6-1-2-9-19(16)27/h1-11,14,22H,12-13,15H2,(H2,25,28). The van der Waals surface area contributed by atoms with Gasteiger partial charge in [-0.25, -0.2) is 8.42 Å².